The Bertz CT molecular complexity index is 194. The van der Waals surface area contributed by atoms with Gasteiger partial charge in [-0.05, 0) is 40.5 Å². The van der Waals surface area contributed by atoms with Crippen LogP contribution in [0, 0.1) is 0 Å². The molecule has 0 rings (SSSR count). The highest BCUT2D eigenvalue weighted by Crippen LogP contribution is 2.11. The standard InChI is InChI=1S/C12H26N2O/c1-6-9-14(10(2)3)11(15)7-8-12(4,5)13/h10H,6-9,13H2,1-5H3. The van der Waals surface area contributed by atoms with Gasteiger partial charge in [-0.15, -0.1) is 0 Å². The maximum atomic E-state index is 11.9. The SMILES string of the molecule is CCCN(C(=O)CCC(C)(C)N)C(C)C. The lowest BCUT2D eigenvalue weighted by atomic mass is 9.99. The molecule has 2 N–H and O–H groups in total. The van der Waals surface area contributed by atoms with Crippen molar-refractivity contribution in [3.05, 3.63) is 0 Å². The minimum absolute atomic E-state index is 0.227. The number of hydrogen-bond acceptors (Lipinski definition) is 2. The Morgan fingerprint density at radius 1 is 1.40 bits per heavy atom. The van der Waals surface area contributed by atoms with Crippen LogP contribution in [0.5, 0.6) is 0 Å². The quantitative estimate of drug-likeness (QED) is 0.736. The maximum absolute atomic E-state index is 11.9. The molecule has 15 heavy (non-hydrogen) atoms. The summed E-state index contributed by atoms with van der Waals surface area (Å²) in [6.07, 6.45) is 2.32. The van der Waals surface area contributed by atoms with Gasteiger partial charge in [0, 0.05) is 24.5 Å². The van der Waals surface area contributed by atoms with E-state index in [-0.39, 0.29) is 11.4 Å². The van der Waals surface area contributed by atoms with E-state index < -0.39 is 0 Å². The van der Waals surface area contributed by atoms with Crippen molar-refractivity contribution in [2.75, 3.05) is 6.54 Å². The lowest BCUT2D eigenvalue weighted by Crippen LogP contribution is -2.40. The molecule has 0 heterocycles. The molecule has 0 saturated heterocycles. The molecule has 0 aliphatic carbocycles. The summed E-state index contributed by atoms with van der Waals surface area (Å²) in [5.41, 5.74) is 5.62. The molecule has 0 aromatic rings. The summed E-state index contributed by atoms with van der Waals surface area (Å²) >= 11 is 0. The largest absolute Gasteiger partial charge is 0.340 e. The van der Waals surface area contributed by atoms with Crippen LogP contribution in [0.4, 0.5) is 0 Å². The summed E-state index contributed by atoms with van der Waals surface area (Å²) in [6, 6.07) is 0.290. The Morgan fingerprint density at radius 3 is 2.27 bits per heavy atom. The van der Waals surface area contributed by atoms with E-state index in [0.29, 0.717) is 12.5 Å². The van der Waals surface area contributed by atoms with E-state index in [9.17, 15) is 4.79 Å². The van der Waals surface area contributed by atoms with Gasteiger partial charge in [0.1, 0.15) is 0 Å². The predicted molar refractivity (Wildman–Crippen MR) is 64.6 cm³/mol. The van der Waals surface area contributed by atoms with Crippen LogP contribution in [-0.4, -0.2) is 28.9 Å². The smallest absolute Gasteiger partial charge is 0.222 e. The topological polar surface area (TPSA) is 46.3 Å². The van der Waals surface area contributed by atoms with Crippen molar-refractivity contribution in [2.45, 2.75) is 65.5 Å². The van der Waals surface area contributed by atoms with Gasteiger partial charge in [-0.3, -0.25) is 4.79 Å². The second kappa shape index (κ2) is 6.11. The summed E-state index contributed by atoms with van der Waals surface area (Å²) < 4.78 is 0. The molecule has 0 bridgehead atoms. The highest BCUT2D eigenvalue weighted by molar-refractivity contribution is 5.76. The second-order valence-corrected chi connectivity index (χ2v) is 5.17. The molecule has 3 heteroatoms. The zero-order valence-corrected chi connectivity index (χ0v) is 10.8. The predicted octanol–water partition coefficient (Wildman–Crippen LogP) is 2.15. The van der Waals surface area contributed by atoms with Crippen molar-refractivity contribution in [1.29, 1.82) is 0 Å². The summed E-state index contributed by atoms with van der Waals surface area (Å²) in [5, 5.41) is 0. The molecule has 0 spiro atoms. The minimum atomic E-state index is -0.246. The number of amides is 1. The molecule has 0 radical (unpaired) electrons. The molecule has 3 nitrogen and oxygen atoms in total. The van der Waals surface area contributed by atoms with E-state index in [1.165, 1.54) is 0 Å². The fraction of sp³-hybridized carbons (Fsp3) is 0.917. The van der Waals surface area contributed by atoms with Crippen molar-refractivity contribution in [1.82, 2.24) is 4.90 Å². The molecule has 0 aromatic heterocycles. The zero-order chi connectivity index (χ0) is 12.1. The van der Waals surface area contributed by atoms with Crippen molar-refractivity contribution in [3.8, 4) is 0 Å². The van der Waals surface area contributed by atoms with E-state index >= 15 is 0 Å². The highest BCUT2D eigenvalue weighted by atomic mass is 16.2. The van der Waals surface area contributed by atoms with Gasteiger partial charge < -0.3 is 10.6 Å². The Morgan fingerprint density at radius 2 is 1.93 bits per heavy atom. The Labute approximate surface area is 94.0 Å². The number of rotatable bonds is 6. The van der Waals surface area contributed by atoms with E-state index in [0.717, 1.165) is 19.4 Å². The van der Waals surface area contributed by atoms with Crippen LogP contribution in [0.1, 0.15) is 53.9 Å². The van der Waals surface area contributed by atoms with Crippen LogP contribution in [-0.2, 0) is 4.79 Å². The van der Waals surface area contributed by atoms with Crippen LogP contribution in [0.2, 0.25) is 0 Å². The first-order valence-corrected chi connectivity index (χ1v) is 5.86. The van der Waals surface area contributed by atoms with Crippen LogP contribution in [0.3, 0.4) is 0 Å². The third kappa shape index (κ3) is 6.50. The zero-order valence-electron chi connectivity index (χ0n) is 10.8. The van der Waals surface area contributed by atoms with Crippen molar-refractivity contribution in [2.24, 2.45) is 5.73 Å². The lowest BCUT2D eigenvalue weighted by Gasteiger charge is -2.28. The Hall–Kier alpha value is -0.570. The second-order valence-electron chi connectivity index (χ2n) is 5.17. The maximum Gasteiger partial charge on any atom is 0.222 e. The summed E-state index contributed by atoms with van der Waals surface area (Å²) in [5.74, 6) is 0.227. The Kier molecular flexibility index (Phi) is 5.88. The minimum Gasteiger partial charge on any atom is -0.340 e. The molecular formula is C12H26N2O. The van der Waals surface area contributed by atoms with Crippen LogP contribution in [0.25, 0.3) is 0 Å². The van der Waals surface area contributed by atoms with Gasteiger partial charge in [-0.2, -0.15) is 0 Å². The van der Waals surface area contributed by atoms with Gasteiger partial charge >= 0.3 is 0 Å². The third-order valence-electron chi connectivity index (χ3n) is 2.39. The van der Waals surface area contributed by atoms with E-state index in [2.05, 4.69) is 20.8 Å². The van der Waals surface area contributed by atoms with Crippen LogP contribution >= 0.6 is 0 Å². The number of carbonyl (C=O) groups is 1. The van der Waals surface area contributed by atoms with Gasteiger partial charge in [0.25, 0.3) is 0 Å². The fourth-order valence-corrected chi connectivity index (χ4v) is 1.48. The number of nitrogens with two attached hydrogens (primary N) is 1. The lowest BCUT2D eigenvalue weighted by molar-refractivity contribution is -0.133. The highest BCUT2D eigenvalue weighted by Gasteiger charge is 2.19. The molecule has 90 valence electrons. The summed E-state index contributed by atoms with van der Waals surface area (Å²) in [6.45, 7) is 11.0. The first-order chi connectivity index (χ1) is 6.78. The van der Waals surface area contributed by atoms with Crippen LogP contribution in [0.15, 0.2) is 0 Å². The van der Waals surface area contributed by atoms with Gasteiger partial charge in [0.05, 0.1) is 0 Å². The first-order valence-electron chi connectivity index (χ1n) is 5.86. The monoisotopic (exact) mass is 214 g/mol. The van der Waals surface area contributed by atoms with Gasteiger partial charge in [-0.1, -0.05) is 6.92 Å². The van der Waals surface area contributed by atoms with Crippen molar-refractivity contribution < 1.29 is 4.79 Å². The Balaban J connectivity index is 4.15. The van der Waals surface area contributed by atoms with Crippen molar-refractivity contribution >= 4 is 5.91 Å². The normalized spacial score (nSPS) is 11.9. The number of nitrogens with zero attached hydrogens (tertiary/aromatic N) is 1. The fourth-order valence-electron chi connectivity index (χ4n) is 1.48. The van der Waals surface area contributed by atoms with Gasteiger partial charge in [0.15, 0.2) is 0 Å². The molecule has 0 atom stereocenters. The van der Waals surface area contributed by atoms with E-state index in [1.54, 1.807) is 0 Å². The third-order valence-corrected chi connectivity index (χ3v) is 2.39. The van der Waals surface area contributed by atoms with Gasteiger partial charge in [-0.25, -0.2) is 0 Å². The molecule has 0 fully saturated rings. The average molecular weight is 214 g/mol. The molecule has 1 amide bonds. The van der Waals surface area contributed by atoms with Crippen LogP contribution < -0.4 is 5.73 Å². The van der Waals surface area contributed by atoms with E-state index in [4.69, 9.17) is 5.73 Å². The number of hydrogen-bond donors (Lipinski definition) is 1. The summed E-state index contributed by atoms with van der Waals surface area (Å²) in [4.78, 5) is 13.8. The summed E-state index contributed by atoms with van der Waals surface area (Å²) in [7, 11) is 0. The first kappa shape index (κ1) is 14.4. The molecule has 0 unspecified atom stereocenters. The van der Waals surface area contributed by atoms with Crippen molar-refractivity contribution in [3.63, 3.8) is 0 Å². The van der Waals surface area contributed by atoms with E-state index in [1.807, 2.05) is 18.7 Å². The molecule has 0 aromatic carbocycles. The molecule has 0 aliphatic rings. The molecular weight excluding hydrogens is 188 g/mol. The number of carbonyl (C=O) groups excluding carboxylic acids is 1. The average Bonchev–Trinajstić information content (AvgIpc) is 2.08. The molecule has 0 saturated carbocycles. The molecule has 0 aliphatic heterocycles. The van der Waals surface area contributed by atoms with Gasteiger partial charge in [0.2, 0.25) is 5.91 Å².